The largest absolute Gasteiger partial charge is 0.350 e. The van der Waals surface area contributed by atoms with Crippen molar-refractivity contribution in [2.24, 2.45) is 0 Å². The first-order valence-corrected chi connectivity index (χ1v) is 9.40. The molecular weight excluding hydrogens is 330 g/mol. The van der Waals surface area contributed by atoms with Crippen LogP contribution in [0.25, 0.3) is 0 Å². The second kappa shape index (κ2) is 8.94. The maximum atomic E-state index is 12.3. The number of carbonyl (C=O) groups excluding carboxylic acids is 3. The fourth-order valence-corrected chi connectivity index (χ4v) is 3.52. The Hall–Kier alpha value is -2.21. The van der Waals surface area contributed by atoms with E-state index in [4.69, 9.17) is 0 Å². The van der Waals surface area contributed by atoms with Gasteiger partial charge in [0.25, 0.3) is 11.8 Å². The van der Waals surface area contributed by atoms with E-state index >= 15 is 0 Å². The first-order chi connectivity index (χ1) is 12.3. The standard InChI is InChI=1S/C20H29N3O3/c1-14(2)22(15(3)4)13-11-21-18(24)10-7-12-23-19(25)16-8-5-6-9-17(16)20(23)26/h5-6,8-9,14-15H,7,10-13H2,1-4H3,(H,21,24)/p+1. The number of carbonyl (C=O) groups is 3. The molecule has 6 heteroatoms. The van der Waals surface area contributed by atoms with Crippen LogP contribution < -0.4 is 10.2 Å². The first kappa shape index (κ1) is 20.1. The van der Waals surface area contributed by atoms with Crippen LogP contribution in [-0.2, 0) is 4.79 Å². The summed E-state index contributed by atoms with van der Waals surface area (Å²) in [5, 5.41) is 2.94. The Morgan fingerprint density at radius 1 is 1.04 bits per heavy atom. The number of nitrogens with one attached hydrogen (secondary N) is 2. The van der Waals surface area contributed by atoms with Gasteiger partial charge >= 0.3 is 0 Å². The van der Waals surface area contributed by atoms with Gasteiger partial charge in [0.1, 0.15) is 0 Å². The van der Waals surface area contributed by atoms with E-state index in [0.717, 1.165) is 6.54 Å². The van der Waals surface area contributed by atoms with E-state index in [0.29, 0.717) is 42.6 Å². The zero-order valence-corrected chi connectivity index (χ0v) is 16.2. The molecule has 0 saturated carbocycles. The molecule has 1 aromatic rings. The highest BCUT2D eigenvalue weighted by molar-refractivity contribution is 6.21. The number of rotatable bonds is 9. The number of imide groups is 1. The Labute approximate surface area is 155 Å². The molecule has 142 valence electrons. The van der Waals surface area contributed by atoms with Crippen LogP contribution in [0.15, 0.2) is 24.3 Å². The average Bonchev–Trinajstić information content (AvgIpc) is 2.83. The summed E-state index contributed by atoms with van der Waals surface area (Å²) in [6, 6.07) is 7.86. The van der Waals surface area contributed by atoms with E-state index in [9.17, 15) is 14.4 Å². The van der Waals surface area contributed by atoms with Gasteiger partial charge in [-0.1, -0.05) is 12.1 Å². The van der Waals surface area contributed by atoms with Gasteiger partial charge in [0.2, 0.25) is 5.91 Å². The van der Waals surface area contributed by atoms with Crippen LogP contribution in [0.5, 0.6) is 0 Å². The van der Waals surface area contributed by atoms with Gasteiger partial charge in [-0.3, -0.25) is 19.3 Å². The van der Waals surface area contributed by atoms with Gasteiger partial charge in [-0.2, -0.15) is 0 Å². The van der Waals surface area contributed by atoms with Crippen molar-refractivity contribution >= 4 is 17.7 Å². The number of quaternary nitrogens is 1. The lowest BCUT2D eigenvalue weighted by Gasteiger charge is -2.27. The van der Waals surface area contributed by atoms with E-state index < -0.39 is 0 Å². The fraction of sp³-hybridized carbons (Fsp3) is 0.550. The lowest BCUT2D eigenvalue weighted by molar-refractivity contribution is -0.941. The number of amides is 3. The van der Waals surface area contributed by atoms with Crippen LogP contribution in [0.3, 0.4) is 0 Å². The molecule has 26 heavy (non-hydrogen) atoms. The zero-order valence-electron chi connectivity index (χ0n) is 16.2. The van der Waals surface area contributed by atoms with Crippen molar-refractivity contribution in [3.05, 3.63) is 35.4 Å². The Balaban J connectivity index is 1.73. The van der Waals surface area contributed by atoms with Crippen LogP contribution in [-0.4, -0.2) is 54.3 Å². The molecule has 0 atom stereocenters. The molecule has 1 heterocycles. The third-order valence-electron chi connectivity index (χ3n) is 4.88. The molecule has 1 aromatic carbocycles. The topological polar surface area (TPSA) is 70.9 Å². The van der Waals surface area contributed by atoms with E-state index in [-0.39, 0.29) is 24.3 Å². The highest BCUT2D eigenvalue weighted by atomic mass is 16.2. The van der Waals surface area contributed by atoms with Crippen molar-refractivity contribution in [1.82, 2.24) is 10.2 Å². The molecule has 3 amide bonds. The van der Waals surface area contributed by atoms with Crippen LogP contribution in [0.1, 0.15) is 61.3 Å². The fourth-order valence-electron chi connectivity index (χ4n) is 3.52. The Morgan fingerprint density at radius 2 is 1.58 bits per heavy atom. The third kappa shape index (κ3) is 4.69. The molecule has 1 aliphatic heterocycles. The quantitative estimate of drug-likeness (QED) is 0.642. The van der Waals surface area contributed by atoms with Crippen LogP contribution in [0.4, 0.5) is 0 Å². The SMILES string of the molecule is CC(C)[NH+](CCNC(=O)CCCN1C(=O)c2ccccc2C1=O)C(C)C. The minimum atomic E-state index is -0.265. The van der Waals surface area contributed by atoms with Gasteiger partial charge in [-0.05, 0) is 46.2 Å². The monoisotopic (exact) mass is 360 g/mol. The molecule has 6 nitrogen and oxygen atoms in total. The second-order valence-electron chi connectivity index (χ2n) is 7.40. The molecule has 0 bridgehead atoms. The molecule has 0 aliphatic carbocycles. The summed E-state index contributed by atoms with van der Waals surface area (Å²) in [6.07, 6.45) is 0.786. The summed E-state index contributed by atoms with van der Waals surface area (Å²) in [6.45, 7) is 10.5. The molecule has 0 aromatic heterocycles. The Kier molecular flexibility index (Phi) is 6.91. The third-order valence-corrected chi connectivity index (χ3v) is 4.88. The summed E-state index contributed by atoms with van der Waals surface area (Å²) in [4.78, 5) is 39.2. The number of benzene rings is 1. The van der Waals surface area contributed by atoms with Crippen molar-refractivity contribution < 1.29 is 19.3 Å². The van der Waals surface area contributed by atoms with Gasteiger partial charge in [-0.25, -0.2) is 0 Å². The summed E-state index contributed by atoms with van der Waals surface area (Å²) in [7, 11) is 0. The molecule has 0 fully saturated rings. The molecule has 0 spiro atoms. The van der Waals surface area contributed by atoms with Gasteiger partial charge in [0.05, 0.1) is 36.3 Å². The van der Waals surface area contributed by atoms with Crippen molar-refractivity contribution in [1.29, 1.82) is 0 Å². The highest BCUT2D eigenvalue weighted by Gasteiger charge is 2.34. The van der Waals surface area contributed by atoms with Crippen molar-refractivity contribution in [2.45, 2.75) is 52.6 Å². The Morgan fingerprint density at radius 3 is 2.08 bits per heavy atom. The molecule has 0 radical (unpaired) electrons. The van der Waals surface area contributed by atoms with E-state index in [1.54, 1.807) is 24.3 Å². The highest BCUT2D eigenvalue weighted by Crippen LogP contribution is 2.22. The Bertz CT molecular complexity index is 627. The molecular formula is C20H30N3O3+. The number of hydrogen-bond donors (Lipinski definition) is 2. The van der Waals surface area contributed by atoms with Gasteiger partial charge in [0, 0.05) is 13.0 Å². The van der Waals surface area contributed by atoms with Crippen LogP contribution in [0.2, 0.25) is 0 Å². The number of hydrogen-bond acceptors (Lipinski definition) is 3. The van der Waals surface area contributed by atoms with E-state index in [1.165, 1.54) is 9.80 Å². The van der Waals surface area contributed by atoms with E-state index in [2.05, 4.69) is 33.0 Å². The van der Waals surface area contributed by atoms with E-state index in [1.807, 2.05) is 0 Å². The number of fused-ring (bicyclic) bond motifs is 1. The first-order valence-electron chi connectivity index (χ1n) is 9.40. The second-order valence-corrected chi connectivity index (χ2v) is 7.40. The summed E-state index contributed by atoms with van der Waals surface area (Å²) >= 11 is 0. The predicted octanol–water partition coefficient (Wildman–Crippen LogP) is 0.881. The molecule has 0 saturated heterocycles. The van der Waals surface area contributed by atoms with Crippen molar-refractivity contribution in [3.63, 3.8) is 0 Å². The summed E-state index contributed by atoms with van der Waals surface area (Å²) in [5.74, 6) is -0.563. The van der Waals surface area contributed by atoms with Crippen LogP contribution in [0, 0.1) is 0 Å². The minimum Gasteiger partial charge on any atom is -0.350 e. The van der Waals surface area contributed by atoms with Gasteiger partial charge in [0.15, 0.2) is 0 Å². The smallest absolute Gasteiger partial charge is 0.261 e. The maximum Gasteiger partial charge on any atom is 0.261 e. The lowest BCUT2D eigenvalue weighted by Crippen LogP contribution is -3.18. The normalized spacial score (nSPS) is 13.9. The molecule has 0 unspecified atom stereocenters. The van der Waals surface area contributed by atoms with Crippen molar-refractivity contribution in [2.75, 3.05) is 19.6 Å². The maximum absolute atomic E-state index is 12.3. The predicted molar refractivity (Wildman–Crippen MR) is 100 cm³/mol. The van der Waals surface area contributed by atoms with Gasteiger partial charge in [-0.15, -0.1) is 0 Å². The lowest BCUT2D eigenvalue weighted by atomic mass is 10.1. The molecule has 2 N–H and O–H groups in total. The number of nitrogens with zero attached hydrogens (tertiary/aromatic N) is 1. The zero-order chi connectivity index (χ0) is 19.3. The summed E-state index contributed by atoms with van der Waals surface area (Å²) < 4.78 is 0. The van der Waals surface area contributed by atoms with Crippen LogP contribution >= 0.6 is 0 Å². The van der Waals surface area contributed by atoms with Gasteiger partial charge < -0.3 is 10.2 Å². The van der Waals surface area contributed by atoms with Crippen molar-refractivity contribution in [3.8, 4) is 0 Å². The summed E-state index contributed by atoms with van der Waals surface area (Å²) in [5.41, 5.74) is 0.903. The average molecular weight is 360 g/mol. The molecule has 2 rings (SSSR count). The molecule has 1 aliphatic rings. The minimum absolute atomic E-state index is 0.0338.